The summed E-state index contributed by atoms with van der Waals surface area (Å²) in [5.41, 5.74) is -0.341. The lowest BCUT2D eigenvalue weighted by atomic mass is 10.3. The predicted molar refractivity (Wildman–Crippen MR) is 46.5 cm³/mol. The van der Waals surface area contributed by atoms with Gasteiger partial charge in [0.05, 0.1) is 11.4 Å². The van der Waals surface area contributed by atoms with Crippen molar-refractivity contribution < 1.29 is 17.2 Å². The Kier molecular flexibility index (Phi) is 2.58. The van der Waals surface area contributed by atoms with Crippen LogP contribution in [0.3, 0.4) is 0 Å². The molecular formula is C6H8N2O5S. The number of rotatable bonds is 2. The van der Waals surface area contributed by atoms with Crippen LogP contribution in [0.4, 0.5) is 0 Å². The van der Waals surface area contributed by atoms with Crippen LogP contribution in [0.15, 0.2) is 4.79 Å². The molecule has 0 fully saturated rings. The maximum atomic E-state index is 10.8. The topological polar surface area (TPSA) is 109 Å². The van der Waals surface area contributed by atoms with Gasteiger partial charge in [-0.25, -0.2) is 4.79 Å². The van der Waals surface area contributed by atoms with E-state index in [2.05, 4.69) is 14.2 Å². The summed E-state index contributed by atoms with van der Waals surface area (Å²) in [4.78, 5) is 16.4. The molecule has 1 aromatic rings. The molecule has 1 rings (SSSR count). The largest absolute Gasteiger partial charge is 0.446 e. The molecule has 14 heavy (non-hydrogen) atoms. The monoisotopic (exact) mass is 220 g/mol. The van der Waals surface area contributed by atoms with Crippen molar-refractivity contribution in [3.63, 3.8) is 0 Å². The Morgan fingerprint density at radius 2 is 2.00 bits per heavy atom. The molecule has 0 aliphatic rings. The highest BCUT2D eigenvalue weighted by Gasteiger charge is 2.14. The van der Waals surface area contributed by atoms with Gasteiger partial charge in [-0.05, 0) is 13.8 Å². The molecule has 0 amide bonds. The van der Waals surface area contributed by atoms with E-state index in [-0.39, 0.29) is 17.1 Å². The minimum absolute atomic E-state index is 0.0869. The van der Waals surface area contributed by atoms with E-state index < -0.39 is 16.1 Å². The summed E-state index contributed by atoms with van der Waals surface area (Å²) < 4.78 is 33.4. The van der Waals surface area contributed by atoms with E-state index in [0.29, 0.717) is 0 Å². The van der Waals surface area contributed by atoms with Crippen LogP contribution in [0.25, 0.3) is 0 Å². The first-order valence-electron chi connectivity index (χ1n) is 3.54. The van der Waals surface area contributed by atoms with Crippen LogP contribution < -0.4 is 9.87 Å². The van der Waals surface area contributed by atoms with Gasteiger partial charge in [-0.2, -0.15) is 13.4 Å². The molecule has 2 N–H and O–H groups in total. The summed E-state index contributed by atoms with van der Waals surface area (Å²) >= 11 is 0. The Labute approximate surface area is 79.7 Å². The molecule has 0 aromatic carbocycles. The van der Waals surface area contributed by atoms with Gasteiger partial charge in [-0.15, -0.1) is 0 Å². The summed E-state index contributed by atoms with van der Waals surface area (Å²) in [6.45, 7) is 2.82. The first kappa shape index (κ1) is 10.7. The number of aromatic amines is 1. The summed E-state index contributed by atoms with van der Waals surface area (Å²) in [6, 6.07) is 0. The molecule has 78 valence electrons. The summed E-state index contributed by atoms with van der Waals surface area (Å²) in [5, 5.41) is 0. The number of hydrogen-bond acceptors (Lipinski definition) is 5. The molecule has 1 aromatic heterocycles. The van der Waals surface area contributed by atoms with E-state index >= 15 is 0 Å². The quantitative estimate of drug-likeness (QED) is 0.654. The third kappa shape index (κ3) is 2.54. The maximum absolute atomic E-state index is 10.8. The molecule has 0 spiro atoms. The highest BCUT2D eigenvalue weighted by atomic mass is 32.3. The molecule has 7 nitrogen and oxygen atoms in total. The Hall–Kier alpha value is -1.41. The number of H-pyrrole nitrogens is 1. The normalized spacial score (nSPS) is 11.4. The lowest BCUT2D eigenvalue weighted by Gasteiger charge is -2.06. The van der Waals surface area contributed by atoms with Crippen molar-refractivity contribution in [1.82, 2.24) is 9.97 Å². The van der Waals surface area contributed by atoms with Gasteiger partial charge in [0, 0.05) is 0 Å². The third-order valence-electron chi connectivity index (χ3n) is 1.42. The van der Waals surface area contributed by atoms with Gasteiger partial charge >= 0.3 is 16.1 Å². The van der Waals surface area contributed by atoms with Crippen molar-refractivity contribution in [2.45, 2.75) is 13.8 Å². The minimum atomic E-state index is -4.60. The Morgan fingerprint density at radius 1 is 1.43 bits per heavy atom. The first-order chi connectivity index (χ1) is 6.29. The Balaban J connectivity index is 3.29. The number of nitrogens with one attached hydrogen (secondary N) is 1. The van der Waals surface area contributed by atoms with Gasteiger partial charge in [-0.1, -0.05) is 0 Å². The van der Waals surface area contributed by atoms with Crippen molar-refractivity contribution in [2.75, 3.05) is 0 Å². The molecule has 0 unspecified atom stereocenters. The van der Waals surface area contributed by atoms with Crippen LogP contribution in [0.1, 0.15) is 11.4 Å². The molecular weight excluding hydrogens is 212 g/mol. The maximum Gasteiger partial charge on any atom is 0.446 e. The SMILES string of the molecule is Cc1nc(=O)[nH]c(C)c1OS(=O)(=O)O. The van der Waals surface area contributed by atoms with Crippen LogP contribution in [0, 0.1) is 13.8 Å². The van der Waals surface area contributed by atoms with Gasteiger partial charge in [0.15, 0.2) is 5.75 Å². The van der Waals surface area contributed by atoms with Gasteiger partial charge in [0.1, 0.15) is 0 Å². The highest BCUT2D eigenvalue weighted by Crippen LogP contribution is 2.18. The summed E-state index contributed by atoms with van der Waals surface area (Å²) in [6.07, 6.45) is 0. The smallest absolute Gasteiger partial charge is 0.358 e. The fourth-order valence-electron chi connectivity index (χ4n) is 0.948. The molecule has 8 heteroatoms. The van der Waals surface area contributed by atoms with Gasteiger partial charge in [-0.3, -0.25) is 4.55 Å². The van der Waals surface area contributed by atoms with Gasteiger partial charge in [0.2, 0.25) is 0 Å². The van der Waals surface area contributed by atoms with Crippen molar-refractivity contribution in [1.29, 1.82) is 0 Å². The number of nitrogens with zero attached hydrogens (tertiary/aromatic N) is 1. The zero-order valence-electron chi connectivity index (χ0n) is 7.44. The highest BCUT2D eigenvalue weighted by molar-refractivity contribution is 7.81. The molecule has 0 aliphatic heterocycles. The lowest BCUT2D eigenvalue weighted by Crippen LogP contribution is -2.17. The van der Waals surface area contributed by atoms with E-state index in [4.69, 9.17) is 4.55 Å². The lowest BCUT2D eigenvalue weighted by molar-refractivity contribution is 0.382. The average Bonchev–Trinajstić information content (AvgIpc) is 1.95. The predicted octanol–water partition coefficient (Wildman–Crippen LogP) is -0.432. The molecule has 0 radical (unpaired) electrons. The first-order valence-corrected chi connectivity index (χ1v) is 4.90. The molecule has 0 saturated carbocycles. The number of hydrogen-bond donors (Lipinski definition) is 2. The van der Waals surface area contributed by atoms with E-state index in [1.165, 1.54) is 13.8 Å². The number of aryl methyl sites for hydroxylation is 2. The van der Waals surface area contributed by atoms with E-state index in [1.54, 1.807) is 0 Å². The standard InChI is InChI=1S/C6H8N2O5S/c1-3-5(13-14(10,11)12)4(2)8-6(9)7-3/h1-2H3,(H,7,8,9)(H,10,11,12). The van der Waals surface area contributed by atoms with Crippen LogP contribution >= 0.6 is 0 Å². The third-order valence-corrected chi connectivity index (χ3v) is 1.80. The molecule has 0 bridgehead atoms. The van der Waals surface area contributed by atoms with Crippen molar-refractivity contribution >= 4 is 10.4 Å². The fourth-order valence-corrected chi connectivity index (χ4v) is 1.40. The summed E-state index contributed by atoms with van der Waals surface area (Å²) in [7, 11) is -4.60. The second kappa shape index (κ2) is 3.39. The fraction of sp³-hybridized carbons (Fsp3) is 0.333. The average molecular weight is 220 g/mol. The van der Waals surface area contributed by atoms with Crippen LogP contribution in [0.2, 0.25) is 0 Å². The van der Waals surface area contributed by atoms with Crippen LogP contribution in [0.5, 0.6) is 5.75 Å². The zero-order valence-corrected chi connectivity index (χ0v) is 8.25. The second-order valence-corrected chi connectivity index (χ2v) is 3.61. The van der Waals surface area contributed by atoms with E-state index in [1.807, 2.05) is 0 Å². The van der Waals surface area contributed by atoms with Crippen LogP contribution in [-0.2, 0) is 10.4 Å². The van der Waals surface area contributed by atoms with Crippen molar-refractivity contribution in [3.8, 4) is 5.75 Å². The molecule has 0 aliphatic carbocycles. The molecule has 1 heterocycles. The minimum Gasteiger partial charge on any atom is -0.358 e. The van der Waals surface area contributed by atoms with Gasteiger partial charge in [0.25, 0.3) is 0 Å². The Bertz CT molecular complexity index is 477. The van der Waals surface area contributed by atoms with Crippen LogP contribution in [-0.4, -0.2) is 22.9 Å². The second-order valence-electron chi connectivity index (χ2n) is 2.59. The number of aromatic nitrogens is 2. The van der Waals surface area contributed by atoms with E-state index in [0.717, 1.165) is 0 Å². The van der Waals surface area contributed by atoms with E-state index in [9.17, 15) is 13.2 Å². The van der Waals surface area contributed by atoms with Crippen molar-refractivity contribution in [3.05, 3.63) is 21.9 Å². The molecule has 0 atom stereocenters. The summed E-state index contributed by atoms with van der Waals surface area (Å²) in [5.74, 6) is -0.174. The molecule has 0 saturated heterocycles. The van der Waals surface area contributed by atoms with Gasteiger partial charge < -0.3 is 9.17 Å². The Morgan fingerprint density at radius 3 is 2.43 bits per heavy atom. The zero-order chi connectivity index (χ0) is 10.9. The van der Waals surface area contributed by atoms with Crippen molar-refractivity contribution in [2.24, 2.45) is 0 Å².